The van der Waals surface area contributed by atoms with Crippen LogP contribution in [-0.4, -0.2) is 67.8 Å². The van der Waals surface area contributed by atoms with Crippen LogP contribution in [0.2, 0.25) is 0 Å². The van der Waals surface area contributed by atoms with Crippen LogP contribution >= 0.6 is 0 Å². The maximum atomic E-state index is 5.97. The van der Waals surface area contributed by atoms with Gasteiger partial charge in [0.25, 0.3) is 0 Å². The molecule has 1 aliphatic heterocycles. The Morgan fingerprint density at radius 1 is 1.40 bits per heavy atom. The minimum Gasteiger partial charge on any atom is -0.374 e. The summed E-state index contributed by atoms with van der Waals surface area (Å²) in [6, 6.07) is 0.613. The molecule has 1 atom stereocenters. The molecule has 4 nitrogen and oxygen atoms in total. The molecule has 1 unspecified atom stereocenters. The molecule has 0 saturated carbocycles. The standard InChI is InChI=1S/C16H35N3O/c1-6-7-18(13-16(4,5)12-17)10-15-11-19(14(2)3)8-9-20-15/h14-15H,6-13,17H2,1-5H3. The van der Waals surface area contributed by atoms with Crippen molar-refractivity contribution in [1.82, 2.24) is 9.80 Å². The molecule has 0 aromatic heterocycles. The first-order valence-electron chi connectivity index (χ1n) is 8.16. The minimum atomic E-state index is 0.182. The monoisotopic (exact) mass is 285 g/mol. The van der Waals surface area contributed by atoms with Crippen LogP contribution in [0, 0.1) is 5.41 Å². The molecule has 1 heterocycles. The SMILES string of the molecule is CCCN(CC1CN(C(C)C)CCO1)CC(C)(C)CN. The number of hydrogen-bond donors (Lipinski definition) is 1. The molecule has 120 valence electrons. The van der Waals surface area contributed by atoms with Gasteiger partial charge in [-0.25, -0.2) is 0 Å². The van der Waals surface area contributed by atoms with Crippen LogP contribution in [-0.2, 0) is 4.74 Å². The van der Waals surface area contributed by atoms with Gasteiger partial charge < -0.3 is 15.4 Å². The van der Waals surface area contributed by atoms with Gasteiger partial charge in [0.05, 0.1) is 12.7 Å². The molecule has 20 heavy (non-hydrogen) atoms. The molecule has 0 radical (unpaired) electrons. The third-order valence-corrected chi connectivity index (χ3v) is 4.11. The smallest absolute Gasteiger partial charge is 0.0829 e. The number of ether oxygens (including phenoxy) is 1. The van der Waals surface area contributed by atoms with Crippen molar-refractivity contribution in [1.29, 1.82) is 0 Å². The molecule has 1 saturated heterocycles. The third-order valence-electron chi connectivity index (χ3n) is 4.11. The molecule has 0 aromatic carbocycles. The summed E-state index contributed by atoms with van der Waals surface area (Å²) in [6.07, 6.45) is 1.52. The van der Waals surface area contributed by atoms with E-state index in [2.05, 4.69) is 44.4 Å². The number of hydrogen-bond acceptors (Lipinski definition) is 4. The number of nitrogens with zero attached hydrogens (tertiary/aromatic N) is 2. The number of rotatable bonds is 8. The number of nitrogens with two attached hydrogens (primary N) is 1. The van der Waals surface area contributed by atoms with Crippen LogP contribution < -0.4 is 5.73 Å². The Balaban J connectivity index is 2.52. The van der Waals surface area contributed by atoms with Gasteiger partial charge >= 0.3 is 0 Å². The zero-order chi connectivity index (χ0) is 15.2. The van der Waals surface area contributed by atoms with Crippen LogP contribution in [0.5, 0.6) is 0 Å². The molecule has 1 aliphatic rings. The maximum Gasteiger partial charge on any atom is 0.0829 e. The Morgan fingerprint density at radius 2 is 2.10 bits per heavy atom. The fraction of sp³-hybridized carbons (Fsp3) is 1.00. The van der Waals surface area contributed by atoms with Crippen molar-refractivity contribution in [2.75, 3.05) is 45.9 Å². The molecule has 1 fully saturated rings. The summed E-state index contributed by atoms with van der Waals surface area (Å²) in [5.41, 5.74) is 6.06. The zero-order valence-electron chi connectivity index (χ0n) is 14.2. The van der Waals surface area contributed by atoms with Crippen molar-refractivity contribution in [3.63, 3.8) is 0 Å². The molecular weight excluding hydrogens is 250 g/mol. The Hall–Kier alpha value is -0.160. The lowest BCUT2D eigenvalue weighted by molar-refractivity contribution is -0.0550. The highest BCUT2D eigenvalue weighted by Gasteiger charge is 2.26. The second-order valence-electron chi connectivity index (χ2n) is 7.18. The first kappa shape index (κ1) is 17.9. The molecule has 0 aromatic rings. The van der Waals surface area contributed by atoms with E-state index in [-0.39, 0.29) is 5.41 Å². The summed E-state index contributed by atoms with van der Waals surface area (Å²) in [5.74, 6) is 0. The molecular formula is C16H35N3O. The van der Waals surface area contributed by atoms with Crippen LogP contribution in [0.15, 0.2) is 0 Å². The van der Waals surface area contributed by atoms with Crippen LogP contribution in [0.25, 0.3) is 0 Å². The van der Waals surface area contributed by atoms with Crippen LogP contribution in [0.4, 0.5) is 0 Å². The lowest BCUT2D eigenvalue weighted by atomic mass is 9.93. The summed E-state index contributed by atoms with van der Waals surface area (Å²) in [5, 5.41) is 0. The van der Waals surface area contributed by atoms with Gasteiger partial charge in [-0.2, -0.15) is 0 Å². The average molecular weight is 285 g/mol. The fourth-order valence-electron chi connectivity index (χ4n) is 2.83. The lowest BCUT2D eigenvalue weighted by Crippen LogP contribution is -2.51. The summed E-state index contributed by atoms with van der Waals surface area (Å²) in [7, 11) is 0. The van der Waals surface area contributed by atoms with E-state index >= 15 is 0 Å². The van der Waals surface area contributed by atoms with E-state index in [1.807, 2.05) is 0 Å². The van der Waals surface area contributed by atoms with E-state index in [1.165, 1.54) is 6.42 Å². The first-order chi connectivity index (χ1) is 9.38. The van der Waals surface area contributed by atoms with Crippen molar-refractivity contribution < 1.29 is 4.74 Å². The van der Waals surface area contributed by atoms with E-state index in [4.69, 9.17) is 10.5 Å². The summed E-state index contributed by atoms with van der Waals surface area (Å²) < 4.78 is 5.97. The second-order valence-corrected chi connectivity index (χ2v) is 7.18. The van der Waals surface area contributed by atoms with E-state index in [0.29, 0.717) is 12.1 Å². The van der Waals surface area contributed by atoms with Gasteiger partial charge in [-0.1, -0.05) is 20.8 Å². The molecule has 1 rings (SSSR count). The van der Waals surface area contributed by atoms with Crippen molar-refractivity contribution in [3.8, 4) is 0 Å². The van der Waals surface area contributed by atoms with Gasteiger partial charge in [0.15, 0.2) is 0 Å². The summed E-state index contributed by atoms with van der Waals surface area (Å²) in [4.78, 5) is 5.05. The summed E-state index contributed by atoms with van der Waals surface area (Å²) in [6.45, 7) is 18.2. The van der Waals surface area contributed by atoms with E-state index in [9.17, 15) is 0 Å². The van der Waals surface area contributed by atoms with Crippen molar-refractivity contribution >= 4 is 0 Å². The highest BCUT2D eigenvalue weighted by atomic mass is 16.5. The fourth-order valence-corrected chi connectivity index (χ4v) is 2.83. The quantitative estimate of drug-likeness (QED) is 0.738. The second kappa shape index (κ2) is 8.32. The van der Waals surface area contributed by atoms with Gasteiger partial charge in [0, 0.05) is 32.2 Å². The van der Waals surface area contributed by atoms with E-state index in [0.717, 1.165) is 45.9 Å². The average Bonchev–Trinajstić information content (AvgIpc) is 2.39. The Kier molecular flexibility index (Phi) is 7.45. The zero-order valence-corrected chi connectivity index (χ0v) is 14.2. The third kappa shape index (κ3) is 6.08. The van der Waals surface area contributed by atoms with Gasteiger partial charge in [0.2, 0.25) is 0 Å². The Bertz CT molecular complexity index is 268. The molecule has 4 heteroatoms. The summed E-state index contributed by atoms with van der Waals surface area (Å²) >= 11 is 0. The predicted molar refractivity (Wildman–Crippen MR) is 86.0 cm³/mol. The van der Waals surface area contributed by atoms with Crippen LogP contribution in [0.3, 0.4) is 0 Å². The molecule has 0 bridgehead atoms. The van der Waals surface area contributed by atoms with Gasteiger partial charge in [0.1, 0.15) is 0 Å². The predicted octanol–water partition coefficient (Wildman–Crippen LogP) is 1.79. The Labute approximate surface area is 125 Å². The maximum absolute atomic E-state index is 5.97. The van der Waals surface area contributed by atoms with Gasteiger partial charge in [-0.05, 0) is 38.8 Å². The molecule has 0 aliphatic carbocycles. The lowest BCUT2D eigenvalue weighted by Gasteiger charge is -2.39. The topological polar surface area (TPSA) is 41.7 Å². The number of morpholine rings is 1. The highest BCUT2D eigenvalue weighted by molar-refractivity contribution is 4.80. The van der Waals surface area contributed by atoms with Crippen molar-refractivity contribution in [2.24, 2.45) is 11.1 Å². The van der Waals surface area contributed by atoms with E-state index < -0.39 is 0 Å². The molecule has 0 spiro atoms. The van der Waals surface area contributed by atoms with Gasteiger partial charge in [-0.3, -0.25) is 4.90 Å². The largest absolute Gasteiger partial charge is 0.374 e. The van der Waals surface area contributed by atoms with Crippen molar-refractivity contribution in [3.05, 3.63) is 0 Å². The van der Waals surface area contributed by atoms with E-state index in [1.54, 1.807) is 0 Å². The molecule has 2 N–H and O–H groups in total. The first-order valence-corrected chi connectivity index (χ1v) is 8.16. The minimum absolute atomic E-state index is 0.182. The van der Waals surface area contributed by atoms with Gasteiger partial charge in [-0.15, -0.1) is 0 Å². The molecule has 0 amide bonds. The normalized spacial score (nSPS) is 21.9. The van der Waals surface area contributed by atoms with Crippen LogP contribution in [0.1, 0.15) is 41.0 Å². The Morgan fingerprint density at radius 3 is 2.65 bits per heavy atom. The van der Waals surface area contributed by atoms with Crippen molar-refractivity contribution in [2.45, 2.75) is 53.2 Å². The highest BCUT2D eigenvalue weighted by Crippen LogP contribution is 2.17.